The highest BCUT2D eigenvalue weighted by Gasteiger charge is 2.66. The third-order valence-electron chi connectivity index (χ3n) is 9.46. The van der Waals surface area contributed by atoms with E-state index in [9.17, 15) is 42.4 Å². The molecule has 0 heterocycles. The van der Waals surface area contributed by atoms with Crippen LogP contribution in [0.4, 0.5) is 0 Å². The van der Waals surface area contributed by atoms with Crippen LogP contribution in [0.15, 0.2) is 24.3 Å². The molecule has 0 spiro atoms. The smallest absolute Gasteiger partial charge is 0.336 e. The van der Waals surface area contributed by atoms with E-state index in [0.29, 0.717) is 12.8 Å². The molecule has 0 aromatic heterocycles. The lowest BCUT2D eigenvalue weighted by molar-refractivity contribution is -0.159. The van der Waals surface area contributed by atoms with Gasteiger partial charge in [-0.25, -0.2) is 4.79 Å². The number of carbonyl (C=O) groups is 4. The summed E-state index contributed by atoms with van der Waals surface area (Å²) in [5.41, 5.74) is 0. The van der Waals surface area contributed by atoms with Crippen LogP contribution >= 0.6 is 0 Å². The first kappa shape index (κ1) is 50.7. The Morgan fingerprint density at radius 1 is 0.529 bits per heavy atom. The second-order valence-corrected chi connectivity index (χ2v) is 15.4. The molecule has 2 unspecified atom stereocenters. The quantitative estimate of drug-likeness (QED) is 0.0207. The van der Waals surface area contributed by atoms with Crippen molar-refractivity contribution in [1.29, 1.82) is 0 Å². The number of unbranched alkanes of at least 4 members (excludes halogenated alkanes) is 22. The predicted octanol–water partition coefficient (Wildman–Crippen LogP) is 10.8. The summed E-state index contributed by atoms with van der Waals surface area (Å²) in [6.07, 6.45) is 33.6. The number of hydrogen-bond acceptors (Lipinski definition) is 7. The first-order valence-corrected chi connectivity index (χ1v) is 21.2. The highest BCUT2D eigenvalue weighted by molar-refractivity contribution is 7.89. The minimum absolute atomic E-state index is 0. The van der Waals surface area contributed by atoms with E-state index in [1.807, 2.05) is 0 Å². The van der Waals surface area contributed by atoms with Gasteiger partial charge in [0.25, 0.3) is 14.9 Å². The van der Waals surface area contributed by atoms with Gasteiger partial charge >= 0.3 is 11.9 Å². The Bertz CT molecular complexity index is 1100. The van der Waals surface area contributed by atoms with Gasteiger partial charge < -0.3 is 16.4 Å². The average molecular weight is 744 g/mol. The molecule has 0 saturated carbocycles. The molecule has 6 N–H and O–H groups in total. The zero-order chi connectivity index (χ0) is 37.5. The Morgan fingerprint density at radius 3 is 1.16 bits per heavy atom. The van der Waals surface area contributed by atoms with E-state index in [-0.39, 0.29) is 19.0 Å². The molecule has 2 atom stereocenters. The van der Waals surface area contributed by atoms with E-state index in [1.165, 1.54) is 77.0 Å². The minimum Gasteiger partial charge on any atom is -0.481 e. The molecule has 10 nitrogen and oxygen atoms in total. The Morgan fingerprint density at radius 2 is 0.843 bits per heavy atom. The molecule has 0 amide bonds. The molecule has 51 heavy (non-hydrogen) atoms. The number of carbonyl (C=O) groups excluding carboxylic acids is 2. The summed E-state index contributed by atoms with van der Waals surface area (Å²) in [5.74, 6) is -9.80. The maximum atomic E-state index is 13.2. The zero-order valence-electron chi connectivity index (χ0n) is 32.1. The Balaban J connectivity index is 0. The topological polar surface area (TPSA) is 198 Å². The normalized spacial score (nSPS) is 13.6. The van der Waals surface area contributed by atoms with Crippen LogP contribution in [0.5, 0.6) is 0 Å². The highest BCUT2D eigenvalue weighted by atomic mass is 32.2. The van der Waals surface area contributed by atoms with E-state index in [4.69, 9.17) is 0 Å². The summed E-state index contributed by atoms with van der Waals surface area (Å²) in [5, 5.41) is 19.8. The molecule has 0 bridgehead atoms. The molecule has 0 rings (SSSR count). The standard InChI is InChI=1S/C40H70O9S.H3N/c1-3-5-7-9-11-13-15-17-19-21-23-25-27-29-31-33-35(41)37(38(43)44)40(39(45)46,50(47,48)49)36(42)34-32-30-28-26-24-22-20-18-16-14-12-10-8-6-4-2;/h17-20,37H,3-16,21-34H2,1-2H3,(H,43,44)(H,45,46)(H,47,48,49);1H3. The van der Waals surface area contributed by atoms with Crippen molar-refractivity contribution in [3.05, 3.63) is 24.3 Å². The van der Waals surface area contributed by atoms with Crippen LogP contribution in [-0.2, 0) is 29.3 Å². The molecule has 0 aliphatic rings. The summed E-state index contributed by atoms with van der Waals surface area (Å²) < 4.78 is 31.2. The SMILES string of the molecule is CCCCCCCCC=CCCCCCCCC(=O)C(C(=O)O)C(C(=O)O)(C(=O)CCCCCCCC=CCCCCCCCC)S(=O)(=O)O.N. The molecule has 0 aliphatic heterocycles. The van der Waals surface area contributed by atoms with Crippen molar-refractivity contribution in [3.63, 3.8) is 0 Å². The predicted molar refractivity (Wildman–Crippen MR) is 207 cm³/mol. The van der Waals surface area contributed by atoms with Crippen molar-refractivity contribution in [1.82, 2.24) is 6.15 Å². The van der Waals surface area contributed by atoms with Gasteiger partial charge in [-0.3, -0.25) is 18.9 Å². The Labute approximate surface area is 310 Å². The fourth-order valence-electron chi connectivity index (χ4n) is 6.40. The zero-order valence-corrected chi connectivity index (χ0v) is 32.9. The summed E-state index contributed by atoms with van der Waals surface area (Å²) in [6, 6.07) is 0. The van der Waals surface area contributed by atoms with Gasteiger partial charge in [0, 0.05) is 12.8 Å². The third kappa shape index (κ3) is 22.3. The summed E-state index contributed by atoms with van der Waals surface area (Å²) in [7, 11) is -5.81. The van der Waals surface area contributed by atoms with Crippen molar-refractivity contribution < 1.29 is 42.4 Å². The van der Waals surface area contributed by atoms with Gasteiger partial charge in [-0.1, -0.05) is 141 Å². The first-order valence-electron chi connectivity index (χ1n) is 19.8. The molecule has 0 radical (unpaired) electrons. The lowest BCUT2D eigenvalue weighted by Gasteiger charge is -2.29. The number of rotatable bonds is 36. The summed E-state index contributed by atoms with van der Waals surface area (Å²) in [4.78, 5) is 50.8. The highest BCUT2D eigenvalue weighted by Crippen LogP contribution is 2.33. The molecule has 0 aliphatic carbocycles. The van der Waals surface area contributed by atoms with Gasteiger partial charge in [0.2, 0.25) is 0 Å². The maximum absolute atomic E-state index is 13.2. The minimum atomic E-state index is -5.81. The lowest BCUT2D eigenvalue weighted by atomic mass is 9.81. The van der Waals surface area contributed by atoms with E-state index in [1.54, 1.807) is 0 Å². The molecule has 11 heteroatoms. The monoisotopic (exact) mass is 744 g/mol. The van der Waals surface area contributed by atoms with Crippen LogP contribution < -0.4 is 6.15 Å². The molecule has 0 fully saturated rings. The molecular formula is C40H73NO9S. The van der Waals surface area contributed by atoms with Crippen LogP contribution in [0, 0.1) is 5.92 Å². The van der Waals surface area contributed by atoms with Crippen molar-refractivity contribution in [2.45, 2.75) is 198 Å². The van der Waals surface area contributed by atoms with Crippen LogP contribution in [0.25, 0.3) is 0 Å². The largest absolute Gasteiger partial charge is 0.481 e. The van der Waals surface area contributed by atoms with Crippen LogP contribution in [0.1, 0.15) is 194 Å². The van der Waals surface area contributed by atoms with Gasteiger partial charge in [0.15, 0.2) is 11.7 Å². The fraction of sp³-hybridized carbons (Fsp3) is 0.800. The van der Waals surface area contributed by atoms with Gasteiger partial charge in [0.1, 0.15) is 5.78 Å². The second-order valence-electron chi connectivity index (χ2n) is 13.8. The first-order chi connectivity index (χ1) is 24.0. The van der Waals surface area contributed by atoms with E-state index < -0.39 is 57.1 Å². The lowest BCUT2D eigenvalue weighted by Crippen LogP contribution is -2.62. The molecule has 0 aromatic carbocycles. The number of hydrogen-bond donors (Lipinski definition) is 4. The van der Waals surface area contributed by atoms with Crippen LogP contribution in [0.2, 0.25) is 0 Å². The number of aliphatic carboxylic acids is 2. The van der Waals surface area contributed by atoms with Gasteiger partial charge in [-0.2, -0.15) is 8.42 Å². The molecule has 0 saturated heterocycles. The van der Waals surface area contributed by atoms with E-state index >= 15 is 0 Å². The van der Waals surface area contributed by atoms with Gasteiger partial charge in [-0.05, 0) is 64.2 Å². The summed E-state index contributed by atoms with van der Waals surface area (Å²) in [6.45, 7) is 4.42. The number of allylic oxidation sites excluding steroid dienone is 4. The van der Waals surface area contributed by atoms with Crippen molar-refractivity contribution in [2.24, 2.45) is 5.92 Å². The fourth-order valence-corrected chi connectivity index (χ4v) is 7.54. The summed E-state index contributed by atoms with van der Waals surface area (Å²) >= 11 is 0. The van der Waals surface area contributed by atoms with Crippen molar-refractivity contribution in [3.8, 4) is 0 Å². The van der Waals surface area contributed by atoms with E-state index in [0.717, 1.165) is 64.2 Å². The van der Waals surface area contributed by atoms with Crippen molar-refractivity contribution >= 4 is 33.6 Å². The Kier molecular flexibility index (Phi) is 32.1. The second kappa shape index (κ2) is 32.3. The number of ketones is 2. The van der Waals surface area contributed by atoms with Crippen LogP contribution in [-0.4, -0.2) is 51.4 Å². The van der Waals surface area contributed by atoms with E-state index in [2.05, 4.69) is 38.2 Å². The number of carboxylic acid groups (broad SMARTS) is 2. The molecule has 298 valence electrons. The third-order valence-corrected chi connectivity index (χ3v) is 10.9. The average Bonchev–Trinajstić information content (AvgIpc) is 3.05. The molecular weight excluding hydrogens is 671 g/mol. The van der Waals surface area contributed by atoms with Gasteiger partial charge in [-0.15, -0.1) is 0 Å². The van der Waals surface area contributed by atoms with Gasteiger partial charge in [0.05, 0.1) is 0 Å². The Hall–Kier alpha value is -2.37. The molecule has 0 aromatic rings. The van der Waals surface area contributed by atoms with Crippen LogP contribution in [0.3, 0.4) is 0 Å². The number of carboxylic acids is 2. The van der Waals surface area contributed by atoms with Crippen molar-refractivity contribution in [2.75, 3.05) is 0 Å². The maximum Gasteiger partial charge on any atom is 0.336 e. The number of Topliss-reactive ketones (excluding diaryl/α,β-unsaturated/α-hetero) is 2.